The molecule has 2 aromatic rings. The van der Waals surface area contributed by atoms with Crippen molar-refractivity contribution >= 4 is 46.3 Å². The van der Waals surface area contributed by atoms with Gasteiger partial charge < -0.3 is 4.90 Å². The molecule has 1 fully saturated rings. The molecule has 2 aliphatic heterocycles. The van der Waals surface area contributed by atoms with Gasteiger partial charge in [-0.2, -0.15) is 0 Å². The first-order valence-corrected chi connectivity index (χ1v) is 9.32. The molecule has 2 amide bonds. The first kappa shape index (κ1) is 18.0. The van der Waals surface area contributed by atoms with E-state index in [1.807, 2.05) is 4.90 Å². The van der Waals surface area contributed by atoms with Crippen molar-refractivity contribution in [3.05, 3.63) is 69.6 Å². The summed E-state index contributed by atoms with van der Waals surface area (Å²) in [5, 5.41) is 0.746. The van der Waals surface area contributed by atoms with Gasteiger partial charge in [0.1, 0.15) is 11.5 Å². The van der Waals surface area contributed by atoms with E-state index in [2.05, 4.69) is 0 Å². The molecular formula is C20H15Cl2FN2O2. The number of likely N-dealkylation sites (tertiary alicyclic amines) is 1. The van der Waals surface area contributed by atoms with Crippen LogP contribution >= 0.6 is 23.2 Å². The summed E-state index contributed by atoms with van der Waals surface area (Å²) in [6, 6.07) is 10.1. The van der Waals surface area contributed by atoms with Crippen LogP contribution in [0, 0.1) is 5.82 Å². The van der Waals surface area contributed by atoms with Crippen LogP contribution in [-0.2, 0) is 9.59 Å². The molecule has 2 heterocycles. The summed E-state index contributed by atoms with van der Waals surface area (Å²) in [4.78, 5) is 29.4. The Morgan fingerprint density at radius 2 is 1.56 bits per heavy atom. The average molecular weight is 405 g/mol. The van der Waals surface area contributed by atoms with Crippen molar-refractivity contribution in [2.45, 2.75) is 12.8 Å². The fourth-order valence-corrected chi connectivity index (χ4v) is 4.01. The third-order valence-corrected chi connectivity index (χ3v) is 5.31. The molecule has 0 atom stereocenters. The molecule has 2 aromatic carbocycles. The predicted octanol–water partition coefficient (Wildman–Crippen LogP) is 4.51. The molecule has 138 valence electrons. The zero-order valence-electron chi connectivity index (χ0n) is 14.2. The summed E-state index contributed by atoms with van der Waals surface area (Å²) in [6.45, 7) is 1.39. The van der Waals surface area contributed by atoms with Crippen molar-refractivity contribution in [2.75, 3.05) is 18.0 Å². The monoisotopic (exact) mass is 404 g/mol. The summed E-state index contributed by atoms with van der Waals surface area (Å²) in [6.07, 6.45) is 1.90. The molecule has 0 radical (unpaired) electrons. The lowest BCUT2D eigenvalue weighted by molar-refractivity contribution is -0.120. The highest BCUT2D eigenvalue weighted by Crippen LogP contribution is 2.39. The van der Waals surface area contributed by atoms with Crippen LogP contribution < -0.4 is 4.90 Å². The molecule has 2 aliphatic rings. The standard InChI is InChI=1S/C20H15Cl2FN2O2/c21-12-3-8-15(16(22)11-12)17-18(24-9-1-2-10-24)20(27)25(19(17)26)14-6-4-13(23)5-7-14/h3-8,11H,1-2,9-10H2. The van der Waals surface area contributed by atoms with Crippen LogP contribution in [0.15, 0.2) is 48.2 Å². The van der Waals surface area contributed by atoms with E-state index >= 15 is 0 Å². The van der Waals surface area contributed by atoms with Crippen LogP contribution in [0.5, 0.6) is 0 Å². The van der Waals surface area contributed by atoms with Gasteiger partial charge in [-0.1, -0.05) is 29.3 Å². The Balaban J connectivity index is 1.86. The van der Waals surface area contributed by atoms with Gasteiger partial charge in [0.2, 0.25) is 0 Å². The van der Waals surface area contributed by atoms with E-state index in [4.69, 9.17) is 23.2 Å². The normalized spacial score (nSPS) is 17.4. The number of nitrogens with zero attached hydrogens (tertiary/aromatic N) is 2. The van der Waals surface area contributed by atoms with Crippen LogP contribution in [0.1, 0.15) is 18.4 Å². The second-order valence-electron chi connectivity index (χ2n) is 6.46. The van der Waals surface area contributed by atoms with E-state index < -0.39 is 17.6 Å². The van der Waals surface area contributed by atoms with Crippen molar-refractivity contribution in [3.63, 3.8) is 0 Å². The van der Waals surface area contributed by atoms with Crippen LogP contribution in [-0.4, -0.2) is 29.8 Å². The molecule has 4 nitrogen and oxygen atoms in total. The number of hydrogen-bond donors (Lipinski definition) is 0. The van der Waals surface area contributed by atoms with Crippen LogP contribution in [0.4, 0.5) is 10.1 Å². The number of carbonyl (C=O) groups excluding carboxylic acids is 2. The maximum Gasteiger partial charge on any atom is 0.282 e. The van der Waals surface area contributed by atoms with E-state index in [1.165, 1.54) is 24.3 Å². The van der Waals surface area contributed by atoms with Crippen molar-refractivity contribution in [3.8, 4) is 0 Å². The maximum absolute atomic E-state index is 13.3. The van der Waals surface area contributed by atoms with Crippen molar-refractivity contribution in [1.29, 1.82) is 0 Å². The van der Waals surface area contributed by atoms with Gasteiger partial charge in [-0.15, -0.1) is 0 Å². The van der Waals surface area contributed by atoms with E-state index in [-0.39, 0.29) is 5.57 Å². The molecule has 4 rings (SSSR count). The van der Waals surface area contributed by atoms with Gasteiger partial charge in [0, 0.05) is 23.7 Å². The minimum Gasteiger partial charge on any atom is -0.366 e. The predicted molar refractivity (Wildman–Crippen MR) is 103 cm³/mol. The largest absolute Gasteiger partial charge is 0.366 e. The second-order valence-corrected chi connectivity index (χ2v) is 7.31. The fraction of sp³-hybridized carbons (Fsp3) is 0.200. The van der Waals surface area contributed by atoms with Crippen molar-refractivity contribution < 1.29 is 14.0 Å². The number of benzene rings is 2. The van der Waals surface area contributed by atoms with Gasteiger partial charge in [-0.05, 0) is 49.2 Å². The Morgan fingerprint density at radius 1 is 0.889 bits per heavy atom. The molecule has 0 spiro atoms. The summed E-state index contributed by atoms with van der Waals surface area (Å²) < 4.78 is 13.3. The lowest BCUT2D eigenvalue weighted by Crippen LogP contribution is -2.34. The summed E-state index contributed by atoms with van der Waals surface area (Å²) in [5.74, 6) is -1.33. The Hall–Kier alpha value is -2.37. The summed E-state index contributed by atoms with van der Waals surface area (Å²) >= 11 is 12.3. The highest BCUT2D eigenvalue weighted by molar-refractivity contribution is 6.47. The van der Waals surface area contributed by atoms with Crippen LogP contribution in [0.3, 0.4) is 0 Å². The number of anilines is 1. The molecular weight excluding hydrogens is 390 g/mol. The van der Waals surface area contributed by atoms with Gasteiger partial charge in [0.05, 0.1) is 16.3 Å². The minimum atomic E-state index is -0.474. The minimum absolute atomic E-state index is 0.257. The van der Waals surface area contributed by atoms with Gasteiger partial charge in [-0.3, -0.25) is 9.59 Å². The number of amides is 2. The number of halogens is 3. The molecule has 1 saturated heterocycles. The SMILES string of the molecule is O=C1C(c2ccc(Cl)cc2Cl)=C(N2CCCC2)C(=O)N1c1ccc(F)cc1. The molecule has 0 N–H and O–H groups in total. The summed E-state index contributed by atoms with van der Waals surface area (Å²) in [5.41, 5.74) is 1.38. The zero-order valence-corrected chi connectivity index (χ0v) is 15.7. The van der Waals surface area contributed by atoms with Crippen LogP contribution in [0.2, 0.25) is 10.0 Å². The average Bonchev–Trinajstić information content (AvgIpc) is 3.23. The number of carbonyl (C=O) groups is 2. The molecule has 0 aromatic heterocycles. The van der Waals surface area contributed by atoms with Gasteiger partial charge in [-0.25, -0.2) is 9.29 Å². The third-order valence-electron chi connectivity index (χ3n) is 4.77. The quantitative estimate of drug-likeness (QED) is 0.706. The van der Waals surface area contributed by atoms with E-state index in [0.29, 0.717) is 40.1 Å². The highest BCUT2D eigenvalue weighted by atomic mass is 35.5. The molecule has 27 heavy (non-hydrogen) atoms. The van der Waals surface area contributed by atoms with Crippen molar-refractivity contribution in [2.24, 2.45) is 0 Å². The molecule has 0 aliphatic carbocycles. The lowest BCUT2D eigenvalue weighted by atomic mass is 10.0. The molecule has 0 bridgehead atoms. The highest BCUT2D eigenvalue weighted by Gasteiger charge is 2.43. The Bertz CT molecular complexity index is 966. The lowest BCUT2D eigenvalue weighted by Gasteiger charge is -2.20. The number of rotatable bonds is 3. The molecule has 0 unspecified atom stereocenters. The summed E-state index contributed by atoms with van der Waals surface area (Å²) in [7, 11) is 0. The maximum atomic E-state index is 13.3. The van der Waals surface area contributed by atoms with Crippen LogP contribution in [0.25, 0.3) is 5.57 Å². The third kappa shape index (κ3) is 3.11. The number of hydrogen-bond acceptors (Lipinski definition) is 3. The van der Waals surface area contributed by atoms with E-state index in [9.17, 15) is 14.0 Å². The topological polar surface area (TPSA) is 40.6 Å². The number of imide groups is 1. The first-order chi connectivity index (χ1) is 13.0. The van der Waals surface area contributed by atoms with E-state index in [0.717, 1.165) is 17.7 Å². The van der Waals surface area contributed by atoms with Gasteiger partial charge in [0.15, 0.2) is 0 Å². The fourth-order valence-electron chi connectivity index (χ4n) is 3.51. The first-order valence-electron chi connectivity index (χ1n) is 8.56. The Kier molecular flexibility index (Phi) is 4.66. The smallest absolute Gasteiger partial charge is 0.282 e. The zero-order chi connectivity index (χ0) is 19.1. The van der Waals surface area contributed by atoms with Gasteiger partial charge in [0.25, 0.3) is 11.8 Å². The van der Waals surface area contributed by atoms with Crippen molar-refractivity contribution in [1.82, 2.24) is 4.90 Å². The van der Waals surface area contributed by atoms with E-state index in [1.54, 1.807) is 18.2 Å². The Morgan fingerprint density at radius 3 is 2.19 bits per heavy atom. The second kappa shape index (κ2) is 6.98. The Labute approximate surface area is 165 Å². The molecule has 0 saturated carbocycles. The van der Waals surface area contributed by atoms with Gasteiger partial charge >= 0.3 is 0 Å². The molecule has 7 heteroatoms.